The van der Waals surface area contributed by atoms with Crippen LogP contribution in [0.3, 0.4) is 0 Å². The number of fused-ring (bicyclic) bond motifs is 1. The highest BCUT2D eigenvalue weighted by Crippen LogP contribution is 2.21. The van der Waals surface area contributed by atoms with Gasteiger partial charge in [0, 0.05) is 29.9 Å². The van der Waals surface area contributed by atoms with Crippen molar-refractivity contribution in [2.24, 2.45) is 0 Å². The fourth-order valence-electron chi connectivity index (χ4n) is 2.42. The molecule has 1 aromatic heterocycles. The van der Waals surface area contributed by atoms with Gasteiger partial charge in [0.15, 0.2) is 0 Å². The summed E-state index contributed by atoms with van der Waals surface area (Å²) in [7, 11) is 0. The maximum absolute atomic E-state index is 13.4. The van der Waals surface area contributed by atoms with Crippen LogP contribution in [0.25, 0.3) is 11.0 Å². The van der Waals surface area contributed by atoms with Crippen LogP contribution in [0, 0.1) is 5.82 Å². The Balaban J connectivity index is 2.08. The third kappa shape index (κ3) is 3.04. The number of hydrogen-bond acceptors (Lipinski definition) is 1. The molecule has 3 aromatic rings. The van der Waals surface area contributed by atoms with Crippen molar-refractivity contribution >= 4 is 34.2 Å². The minimum absolute atomic E-state index is 0.285. The van der Waals surface area contributed by atoms with E-state index in [1.54, 1.807) is 6.07 Å². The lowest BCUT2D eigenvalue weighted by molar-refractivity contribution is 0.629. The molecule has 0 bridgehead atoms. The fourth-order valence-corrected chi connectivity index (χ4v) is 2.80. The van der Waals surface area contributed by atoms with Crippen molar-refractivity contribution in [1.82, 2.24) is 9.55 Å². The van der Waals surface area contributed by atoms with Gasteiger partial charge in [-0.05, 0) is 29.8 Å². The van der Waals surface area contributed by atoms with E-state index in [2.05, 4.69) is 9.55 Å². The molecule has 2 nitrogen and oxygen atoms in total. The minimum Gasteiger partial charge on any atom is -0.323 e. The van der Waals surface area contributed by atoms with E-state index >= 15 is 0 Å². The minimum atomic E-state index is -0.285. The molecular weight excluding hydrogens is 310 g/mol. The van der Waals surface area contributed by atoms with E-state index in [0.29, 0.717) is 29.4 Å². The lowest BCUT2D eigenvalue weighted by Gasteiger charge is -2.09. The highest BCUT2D eigenvalue weighted by molar-refractivity contribution is 6.30. The molecule has 21 heavy (non-hydrogen) atoms. The average Bonchev–Trinajstić information content (AvgIpc) is 2.76. The number of benzene rings is 2. The van der Waals surface area contributed by atoms with Gasteiger partial charge in [0.05, 0.1) is 11.0 Å². The molecule has 0 spiro atoms. The maximum Gasteiger partial charge on any atom is 0.125 e. The largest absolute Gasteiger partial charge is 0.323 e. The van der Waals surface area contributed by atoms with E-state index in [4.69, 9.17) is 23.2 Å². The van der Waals surface area contributed by atoms with Crippen molar-refractivity contribution in [3.05, 3.63) is 64.7 Å². The topological polar surface area (TPSA) is 17.8 Å². The molecule has 0 amide bonds. The predicted molar refractivity (Wildman–Crippen MR) is 84.7 cm³/mol. The van der Waals surface area contributed by atoms with Crippen LogP contribution < -0.4 is 0 Å². The summed E-state index contributed by atoms with van der Waals surface area (Å²) >= 11 is 11.9. The van der Waals surface area contributed by atoms with Crippen molar-refractivity contribution in [3.63, 3.8) is 0 Å². The van der Waals surface area contributed by atoms with Gasteiger partial charge in [-0.2, -0.15) is 0 Å². The highest BCUT2D eigenvalue weighted by Gasteiger charge is 2.11. The zero-order valence-electron chi connectivity index (χ0n) is 11.2. The van der Waals surface area contributed by atoms with E-state index < -0.39 is 0 Å². The van der Waals surface area contributed by atoms with Crippen LogP contribution in [-0.4, -0.2) is 15.4 Å². The molecular formula is C16H13Cl2FN2. The normalized spacial score (nSPS) is 11.2. The van der Waals surface area contributed by atoms with Gasteiger partial charge in [-0.3, -0.25) is 0 Å². The summed E-state index contributed by atoms with van der Waals surface area (Å²) in [6.07, 6.45) is 0.637. The predicted octanol–water partition coefficient (Wildman–Crippen LogP) is 4.66. The van der Waals surface area contributed by atoms with Crippen molar-refractivity contribution in [2.45, 2.75) is 13.0 Å². The van der Waals surface area contributed by atoms with Crippen molar-refractivity contribution in [1.29, 1.82) is 0 Å². The van der Waals surface area contributed by atoms with Crippen molar-refractivity contribution in [3.8, 4) is 0 Å². The Hall–Kier alpha value is -1.58. The molecule has 5 heteroatoms. The molecule has 0 N–H and O–H groups in total. The van der Waals surface area contributed by atoms with Gasteiger partial charge in [-0.1, -0.05) is 23.7 Å². The van der Waals surface area contributed by atoms with Crippen LogP contribution in [0.5, 0.6) is 0 Å². The molecule has 0 saturated carbocycles. The van der Waals surface area contributed by atoms with Gasteiger partial charge in [0.1, 0.15) is 11.6 Å². The van der Waals surface area contributed by atoms with E-state index in [1.165, 1.54) is 12.1 Å². The molecule has 0 saturated heterocycles. The first-order valence-electron chi connectivity index (χ1n) is 6.62. The number of alkyl halides is 1. The molecule has 0 fully saturated rings. The number of hydrogen-bond donors (Lipinski definition) is 0. The highest BCUT2D eigenvalue weighted by atomic mass is 35.5. The number of rotatable bonds is 4. The third-order valence-electron chi connectivity index (χ3n) is 3.34. The van der Waals surface area contributed by atoms with E-state index in [-0.39, 0.29) is 5.82 Å². The van der Waals surface area contributed by atoms with Gasteiger partial charge < -0.3 is 4.57 Å². The summed E-state index contributed by atoms with van der Waals surface area (Å²) in [6, 6.07) is 12.3. The molecule has 0 radical (unpaired) electrons. The van der Waals surface area contributed by atoms with Gasteiger partial charge in [0.25, 0.3) is 0 Å². The number of nitrogens with zero attached hydrogens (tertiary/aromatic N) is 2. The molecule has 0 aliphatic rings. The van der Waals surface area contributed by atoms with Crippen LogP contribution in [0.4, 0.5) is 4.39 Å². The Morgan fingerprint density at radius 3 is 2.76 bits per heavy atom. The van der Waals surface area contributed by atoms with E-state index in [1.807, 2.05) is 24.3 Å². The molecule has 3 rings (SSSR count). The van der Waals surface area contributed by atoms with Gasteiger partial charge in [-0.15, -0.1) is 11.6 Å². The molecule has 0 aliphatic carbocycles. The first-order chi connectivity index (χ1) is 10.2. The van der Waals surface area contributed by atoms with Gasteiger partial charge in [0.2, 0.25) is 0 Å². The van der Waals surface area contributed by atoms with Crippen molar-refractivity contribution < 1.29 is 4.39 Å². The monoisotopic (exact) mass is 322 g/mol. The molecule has 0 aliphatic heterocycles. The number of imidazole rings is 1. The standard InChI is InChI=1S/C16H13Cl2FN2/c17-7-6-16-20-14-9-13(19)4-5-15(14)21(16)10-11-2-1-3-12(18)8-11/h1-5,8-9H,6-7,10H2. The van der Waals surface area contributed by atoms with Gasteiger partial charge in [-0.25, -0.2) is 9.37 Å². The number of aromatic nitrogens is 2. The second kappa shape index (κ2) is 6.04. The van der Waals surface area contributed by atoms with Crippen LogP contribution in [0.15, 0.2) is 42.5 Å². The summed E-state index contributed by atoms with van der Waals surface area (Å²) in [5, 5.41) is 0.696. The lowest BCUT2D eigenvalue weighted by atomic mass is 10.2. The average molecular weight is 323 g/mol. The molecule has 2 aromatic carbocycles. The quantitative estimate of drug-likeness (QED) is 0.639. The first-order valence-corrected chi connectivity index (χ1v) is 7.53. The van der Waals surface area contributed by atoms with Crippen molar-refractivity contribution in [2.75, 3.05) is 5.88 Å². The molecule has 0 atom stereocenters. The summed E-state index contributed by atoms with van der Waals surface area (Å²) in [5.41, 5.74) is 2.62. The van der Waals surface area contributed by atoms with Crippen LogP contribution in [0.1, 0.15) is 11.4 Å². The van der Waals surface area contributed by atoms with Crippen LogP contribution in [-0.2, 0) is 13.0 Å². The molecule has 108 valence electrons. The van der Waals surface area contributed by atoms with Crippen LogP contribution in [0.2, 0.25) is 5.02 Å². The number of aryl methyl sites for hydroxylation is 1. The SMILES string of the molecule is Fc1ccc2c(c1)nc(CCCl)n2Cc1cccc(Cl)c1. The fraction of sp³-hybridized carbons (Fsp3) is 0.188. The Kier molecular flexibility index (Phi) is 4.13. The molecule has 0 unspecified atom stereocenters. The third-order valence-corrected chi connectivity index (χ3v) is 3.76. The summed E-state index contributed by atoms with van der Waals surface area (Å²) in [5.74, 6) is 1.04. The van der Waals surface area contributed by atoms with E-state index in [0.717, 1.165) is 16.9 Å². The first kappa shape index (κ1) is 14.4. The number of halogens is 3. The summed E-state index contributed by atoms with van der Waals surface area (Å²) in [4.78, 5) is 4.49. The zero-order chi connectivity index (χ0) is 14.8. The maximum atomic E-state index is 13.4. The lowest BCUT2D eigenvalue weighted by Crippen LogP contribution is -2.06. The smallest absolute Gasteiger partial charge is 0.125 e. The Morgan fingerprint density at radius 2 is 2.00 bits per heavy atom. The summed E-state index contributed by atoms with van der Waals surface area (Å²) < 4.78 is 15.4. The Bertz CT molecular complexity index is 783. The van der Waals surface area contributed by atoms with E-state index in [9.17, 15) is 4.39 Å². The Morgan fingerprint density at radius 1 is 1.14 bits per heavy atom. The Labute approximate surface area is 132 Å². The second-order valence-corrected chi connectivity index (χ2v) is 5.63. The molecule has 1 heterocycles. The zero-order valence-corrected chi connectivity index (χ0v) is 12.7. The van der Waals surface area contributed by atoms with Gasteiger partial charge >= 0.3 is 0 Å². The second-order valence-electron chi connectivity index (χ2n) is 4.82. The summed E-state index contributed by atoms with van der Waals surface area (Å²) in [6.45, 7) is 0.634. The van der Waals surface area contributed by atoms with Crippen LogP contribution >= 0.6 is 23.2 Å².